The van der Waals surface area contributed by atoms with Crippen LogP contribution in [0, 0.1) is 0 Å². The molecule has 0 saturated carbocycles. The maximum Gasteiger partial charge on any atom is 0.250 e. The van der Waals surface area contributed by atoms with E-state index in [1.54, 1.807) is 0 Å². The van der Waals surface area contributed by atoms with Crippen molar-refractivity contribution in [1.82, 2.24) is 5.48 Å². The van der Waals surface area contributed by atoms with Crippen LogP contribution in [-0.4, -0.2) is 13.0 Å². The standard InChI is InChI=1S/C14H21NO2/c1-10(13(16)15-17-5)11-6-8-12(9-7-11)14(2,3)4/h6-10H,1-5H3,(H,15,16). The zero-order valence-corrected chi connectivity index (χ0v) is 11.2. The van der Waals surface area contributed by atoms with Crippen LogP contribution in [-0.2, 0) is 15.0 Å². The van der Waals surface area contributed by atoms with E-state index in [0.29, 0.717) is 0 Å². The van der Waals surface area contributed by atoms with Crippen molar-refractivity contribution in [3.05, 3.63) is 35.4 Å². The Hall–Kier alpha value is -1.35. The second-order valence-corrected chi connectivity index (χ2v) is 5.26. The molecule has 0 spiro atoms. The maximum atomic E-state index is 11.6. The van der Waals surface area contributed by atoms with Gasteiger partial charge in [0.1, 0.15) is 0 Å². The predicted molar refractivity (Wildman–Crippen MR) is 68.7 cm³/mol. The molecular formula is C14H21NO2. The number of hydroxylamine groups is 1. The molecule has 0 saturated heterocycles. The van der Waals surface area contributed by atoms with Gasteiger partial charge < -0.3 is 0 Å². The minimum Gasteiger partial charge on any atom is -0.277 e. The van der Waals surface area contributed by atoms with Crippen LogP contribution in [0.5, 0.6) is 0 Å². The fraction of sp³-hybridized carbons (Fsp3) is 0.500. The molecule has 1 amide bonds. The molecule has 0 aliphatic rings. The van der Waals surface area contributed by atoms with Crippen LogP contribution in [0.15, 0.2) is 24.3 Å². The van der Waals surface area contributed by atoms with Gasteiger partial charge in [-0.3, -0.25) is 9.63 Å². The monoisotopic (exact) mass is 235 g/mol. The van der Waals surface area contributed by atoms with E-state index >= 15 is 0 Å². The van der Waals surface area contributed by atoms with Crippen LogP contribution < -0.4 is 5.48 Å². The first-order chi connectivity index (χ1) is 7.86. The number of nitrogens with one attached hydrogen (secondary N) is 1. The lowest BCUT2D eigenvalue weighted by Crippen LogP contribution is -2.26. The summed E-state index contributed by atoms with van der Waals surface area (Å²) in [4.78, 5) is 16.2. The SMILES string of the molecule is CONC(=O)C(C)c1ccc(C(C)(C)C)cc1. The molecule has 1 aromatic rings. The van der Waals surface area contributed by atoms with Crippen LogP contribution in [0.1, 0.15) is 44.7 Å². The lowest BCUT2D eigenvalue weighted by atomic mass is 9.85. The zero-order valence-electron chi connectivity index (χ0n) is 11.2. The first-order valence-electron chi connectivity index (χ1n) is 5.79. The molecule has 1 rings (SSSR count). The number of carbonyl (C=O) groups excluding carboxylic acids is 1. The molecule has 0 bridgehead atoms. The van der Waals surface area contributed by atoms with E-state index in [9.17, 15) is 4.79 Å². The summed E-state index contributed by atoms with van der Waals surface area (Å²) in [5.41, 5.74) is 4.74. The van der Waals surface area contributed by atoms with Gasteiger partial charge in [0, 0.05) is 0 Å². The summed E-state index contributed by atoms with van der Waals surface area (Å²) in [6.45, 7) is 8.37. The first-order valence-corrected chi connectivity index (χ1v) is 5.79. The zero-order chi connectivity index (χ0) is 13.1. The molecule has 1 aromatic carbocycles. The van der Waals surface area contributed by atoms with Gasteiger partial charge in [0.05, 0.1) is 13.0 Å². The van der Waals surface area contributed by atoms with Gasteiger partial charge in [0.2, 0.25) is 0 Å². The summed E-state index contributed by atoms with van der Waals surface area (Å²) in [7, 11) is 1.44. The highest BCUT2D eigenvalue weighted by Crippen LogP contribution is 2.24. The summed E-state index contributed by atoms with van der Waals surface area (Å²) in [5.74, 6) is -0.333. The summed E-state index contributed by atoms with van der Waals surface area (Å²) in [5, 5.41) is 0. The largest absolute Gasteiger partial charge is 0.277 e. The van der Waals surface area contributed by atoms with Gasteiger partial charge in [-0.25, -0.2) is 5.48 Å². The summed E-state index contributed by atoms with van der Waals surface area (Å²) in [6, 6.07) is 8.15. The van der Waals surface area contributed by atoms with Crippen molar-refractivity contribution in [2.24, 2.45) is 0 Å². The Morgan fingerprint density at radius 2 is 1.76 bits per heavy atom. The third-order valence-corrected chi connectivity index (χ3v) is 2.87. The normalized spacial score (nSPS) is 13.2. The van der Waals surface area contributed by atoms with Crippen molar-refractivity contribution in [1.29, 1.82) is 0 Å². The predicted octanol–water partition coefficient (Wildman–Crippen LogP) is 2.77. The quantitative estimate of drug-likeness (QED) is 0.818. The average Bonchev–Trinajstić information content (AvgIpc) is 2.27. The molecule has 3 nitrogen and oxygen atoms in total. The summed E-state index contributed by atoms with van der Waals surface area (Å²) < 4.78 is 0. The Balaban J connectivity index is 2.84. The molecule has 1 unspecified atom stereocenters. The van der Waals surface area contributed by atoms with Gasteiger partial charge in [-0.2, -0.15) is 0 Å². The Bertz CT molecular complexity index is 376. The molecule has 0 aliphatic heterocycles. The number of carbonyl (C=O) groups is 1. The van der Waals surface area contributed by atoms with Crippen LogP contribution >= 0.6 is 0 Å². The van der Waals surface area contributed by atoms with Crippen LogP contribution in [0.4, 0.5) is 0 Å². The molecule has 17 heavy (non-hydrogen) atoms. The van der Waals surface area contributed by atoms with Crippen molar-refractivity contribution in [2.45, 2.75) is 39.0 Å². The van der Waals surface area contributed by atoms with Crippen LogP contribution in [0.3, 0.4) is 0 Å². The fourth-order valence-electron chi connectivity index (χ4n) is 1.61. The number of amides is 1. The molecule has 1 N–H and O–H groups in total. The topological polar surface area (TPSA) is 38.3 Å². The number of rotatable bonds is 3. The van der Waals surface area contributed by atoms with E-state index in [4.69, 9.17) is 0 Å². The van der Waals surface area contributed by atoms with Crippen molar-refractivity contribution >= 4 is 5.91 Å². The van der Waals surface area contributed by atoms with Gasteiger partial charge in [-0.05, 0) is 23.5 Å². The Kier molecular flexibility index (Phi) is 4.29. The Morgan fingerprint density at radius 3 is 2.18 bits per heavy atom. The van der Waals surface area contributed by atoms with E-state index in [2.05, 4.69) is 43.2 Å². The van der Waals surface area contributed by atoms with Gasteiger partial charge in [-0.15, -0.1) is 0 Å². The average molecular weight is 235 g/mol. The molecule has 0 fully saturated rings. The van der Waals surface area contributed by atoms with E-state index in [1.807, 2.05) is 19.1 Å². The molecule has 1 atom stereocenters. The number of benzene rings is 1. The minimum absolute atomic E-state index is 0.129. The maximum absolute atomic E-state index is 11.6. The molecule has 0 radical (unpaired) electrons. The lowest BCUT2D eigenvalue weighted by molar-refractivity contribution is -0.132. The van der Waals surface area contributed by atoms with E-state index in [-0.39, 0.29) is 17.2 Å². The number of hydrogen-bond donors (Lipinski definition) is 1. The number of hydrogen-bond acceptors (Lipinski definition) is 2. The molecule has 94 valence electrons. The molecular weight excluding hydrogens is 214 g/mol. The van der Waals surface area contributed by atoms with Crippen molar-refractivity contribution in [2.75, 3.05) is 7.11 Å². The summed E-state index contributed by atoms with van der Waals surface area (Å²) in [6.07, 6.45) is 0. The third kappa shape index (κ3) is 3.56. The summed E-state index contributed by atoms with van der Waals surface area (Å²) >= 11 is 0. The third-order valence-electron chi connectivity index (χ3n) is 2.87. The molecule has 3 heteroatoms. The van der Waals surface area contributed by atoms with E-state index < -0.39 is 0 Å². The van der Waals surface area contributed by atoms with Crippen molar-refractivity contribution in [3.63, 3.8) is 0 Å². The molecule has 0 aromatic heterocycles. The van der Waals surface area contributed by atoms with Gasteiger partial charge in [0.15, 0.2) is 0 Å². The Morgan fingerprint density at radius 1 is 1.24 bits per heavy atom. The molecule has 0 aliphatic carbocycles. The first kappa shape index (κ1) is 13.7. The second-order valence-electron chi connectivity index (χ2n) is 5.26. The molecule has 0 heterocycles. The highest BCUT2D eigenvalue weighted by molar-refractivity contribution is 5.82. The van der Waals surface area contributed by atoms with Crippen LogP contribution in [0.2, 0.25) is 0 Å². The highest BCUT2D eigenvalue weighted by atomic mass is 16.6. The second kappa shape index (κ2) is 5.32. The van der Waals surface area contributed by atoms with Crippen molar-refractivity contribution in [3.8, 4) is 0 Å². The highest BCUT2D eigenvalue weighted by Gasteiger charge is 2.17. The van der Waals surface area contributed by atoms with E-state index in [1.165, 1.54) is 12.7 Å². The lowest BCUT2D eigenvalue weighted by Gasteiger charge is -2.20. The van der Waals surface area contributed by atoms with Crippen LogP contribution in [0.25, 0.3) is 0 Å². The minimum atomic E-state index is -0.205. The van der Waals surface area contributed by atoms with Gasteiger partial charge in [0.25, 0.3) is 5.91 Å². The fourth-order valence-corrected chi connectivity index (χ4v) is 1.61. The van der Waals surface area contributed by atoms with E-state index in [0.717, 1.165) is 5.56 Å². The Labute approximate surface area is 103 Å². The smallest absolute Gasteiger partial charge is 0.250 e. The van der Waals surface area contributed by atoms with Gasteiger partial charge >= 0.3 is 0 Å². The van der Waals surface area contributed by atoms with Crippen molar-refractivity contribution < 1.29 is 9.63 Å². The van der Waals surface area contributed by atoms with Gasteiger partial charge in [-0.1, -0.05) is 45.0 Å².